The normalized spacial score (nSPS) is 12.1. The predicted molar refractivity (Wildman–Crippen MR) is 206 cm³/mol. The second-order valence-electron chi connectivity index (χ2n) is 12.4. The number of benzene rings is 7. The molecule has 0 fully saturated rings. The summed E-state index contributed by atoms with van der Waals surface area (Å²) in [6.07, 6.45) is 0. The number of hydrogen-bond acceptors (Lipinski definition) is 3. The summed E-state index contributed by atoms with van der Waals surface area (Å²) in [5, 5.41) is 20.9. The predicted octanol–water partition coefficient (Wildman–Crippen LogP) is 12.5. The van der Waals surface area contributed by atoms with E-state index in [4.69, 9.17) is 0 Å². The van der Waals surface area contributed by atoms with Gasteiger partial charge in [0.15, 0.2) is 0 Å². The third-order valence-corrected chi connectivity index (χ3v) is 12.2. The van der Waals surface area contributed by atoms with Crippen molar-refractivity contribution in [1.29, 1.82) is 5.26 Å². The smallest absolute Gasteiger partial charge is 0.104 e. The summed E-state index contributed by atoms with van der Waals surface area (Å²) < 4.78 is 9.67. The number of aromatic nitrogens is 2. The Labute approximate surface area is 282 Å². The van der Waals surface area contributed by atoms with Crippen LogP contribution >= 0.6 is 22.7 Å². The number of fused-ring (bicyclic) bond motifs is 12. The Balaban J connectivity index is 1.24. The quantitative estimate of drug-likeness (QED) is 0.184. The summed E-state index contributed by atoms with van der Waals surface area (Å²) in [6, 6.07) is 52.8. The Hall–Kier alpha value is -5.93. The van der Waals surface area contributed by atoms with Gasteiger partial charge in [0, 0.05) is 61.9 Å². The molecule has 0 saturated heterocycles. The maximum atomic E-state index is 11.0. The summed E-state index contributed by atoms with van der Waals surface area (Å²) in [5.41, 5.74) is 6.83. The minimum absolute atomic E-state index is 0.649. The van der Waals surface area contributed by atoms with Crippen LogP contribution in [0, 0.1) is 11.3 Å². The Morgan fingerprint density at radius 1 is 0.375 bits per heavy atom. The van der Waals surface area contributed by atoms with Crippen molar-refractivity contribution >= 4 is 107 Å². The number of nitriles is 1. The molecule has 11 aromatic rings. The molecule has 0 bridgehead atoms. The number of hydrogen-bond donors (Lipinski definition) is 0. The first kappa shape index (κ1) is 26.2. The van der Waals surface area contributed by atoms with Gasteiger partial charge in [0.05, 0.1) is 33.4 Å². The standard InChI is InChI=1S/C43H23N3S2/c44-24-33-36(45-34-14-5-1-10-25(34)29-20-31-27-12-3-7-18-40(27)47-42(31)22-38(29)45)16-9-17-37(33)46-35-15-6-2-11-26(35)30-21-32-28-13-4-8-19-41(28)48-43(32)23-39(30)46/h1-23H. The van der Waals surface area contributed by atoms with E-state index in [1.165, 1.54) is 61.9 Å². The Morgan fingerprint density at radius 2 is 0.812 bits per heavy atom. The van der Waals surface area contributed by atoms with Gasteiger partial charge in [-0.15, -0.1) is 22.7 Å². The Kier molecular flexibility index (Phi) is 5.21. The van der Waals surface area contributed by atoms with Gasteiger partial charge in [0.25, 0.3) is 0 Å². The molecule has 0 aliphatic rings. The third-order valence-electron chi connectivity index (χ3n) is 9.96. The van der Waals surface area contributed by atoms with Crippen molar-refractivity contribution in [1.82, 2.24) is 9.13 Å². The molecule has 0 atom stereocenters. The van der Waals surface area contributed by atoms with Gasteiger partial charge in [-0.05, 0) is 60.7 Å². The second kappa shape index (κ2) is 9.56. The fraction of sp³-hybridized carbons (Fsp3) is 0. The zero-order valence-corrected chi connectivity index (χ0v) is 27.1. The second-order valence-corrected chi connectivity index (χ2v) is 14.6. The summed E-state index contributed by atoms with van der Waals surface area (Å²) in [6.45, 7) is 0. The Bertz CT molecular complexity index is 2990. The molecule has 3 nitrogen and oxygen atoms in total. The van der Waals surface area contributed by atoms with Crippen molar-refractivity contribution in [2.45, 2.75) is 0 Å². The van der Waals surface area contributed by atoms with Crippen LogP contribution in [0.5, 0.6) is 0 Å². The molecule has 7 aromatic carbocycles. The molecule has 5 heteroatoms. The SMILES string of the molecule is N#Cc1c(-n2c3ccccc3c3cc4c(cc32)sc2ccccc24)cccc1-n1c2ccccc2c2cc3c(cc21)sc1ccccc13. The summed E-state index contributed by atoms with van der Waals surface area (Å²) in [4.78, 5) is 0. The van der Waals surface area contributed by atoms with Crippen LogP contribution in [-0.2, 0) is 0 Å². The lowest BCUT2D eigenvalue weighted by Gasteiger charge is -2.15. The molecule has 11 rings (SSSR count). The lowest BCUT2D eigenvalue weighted by atomic mass is 10.1. The first-order chi connectivity index (χ1) is 23.8. The van der Waals surface area contributed by atoms with Crippen molar-refractivity contribution < 1.29 is 0 Å². The topological polar surface area (TPSA) is 33.6 Å². The summed E-state index contributed by atoms with van der Waals surface area (Å²) in [5.74, 6) is 0. The fourth-order valence-corrected chi connectivity index (χ4v) is 10.2. The van der Waals surface area contributed by atoms with Crippen LogP contribution in [0.3, 0.4) is 0 Å². The monoisotopic (exact) mass is 645 g/mol. The minimum atomic E-state index is 0.649. The van der Waals surface area contributed by atoms with Crippen LogP contribution in [0.4, 0.5) is 0 Å². The highest BCUT2D eigenvalue weighted by molar-refractivity contribution is 7.26. The summed E-state index contributed by atoms with van der Waals surface area (Å²) >= 11 is 3.65. The number of thiophene rings is 2. The van der Waals surface area contributed by atoms with Gasteiger partial charge in [0.1, 0.15) is 11.6 Å². The first-order valence-electron chi connectivity index (χ1n) is 16.0. The molecular weight excluding hydrogens is 623 g/mol. The molecule has 0 N–H and O–H groups in total. The van der Waals surface area contributed by atoms with Crippen LogP contribution < -0.4 is 0 Å². The van der Waals surface area contributed by atoms with Crippen LogP contribution in [0.15, 0.2) is 140 Å². The van der Waals surface area contributed by atoms with Crippen LogP contribution in [0.2, 0.25) is 0 Å². The molecule has 222 valence electrons. The highest BCUT2D eigenvalue weighted by Crippen LogP contribution is 2.43. The molecule has 4 aromatic heterocycles. The molecule has 0 saturated carbocycles. The van der Waals surface area contributed by atoms with E-state index in [1.807, 2.05) is 22.7 Å². The maximum absolute atomic E-state index is 11.0. The van der Waals surface area contributed by atoms with Crippen molar-refractivity contribution in [3.8, 4) is 17.4 Å². The van der Waals surface area contributed by atoms with Gasteiger partial charge in [0.2, 0.25) is 0 Å². The molecule has 0 unspecified atom stereocenters. The van der Waals surface area contributed by atoms with E-state index in [0.717, 1.165) is 33.4 Å². The van der Waals surface area contributed by atoms with Crippen LogP contribution in [-0.4, -0.2) is 9.13 Å². The van der Waals surface area contributed by atoms with E-state index < -0.39 is 0 Å². The minimum Gasteiger partial charge on any atom is -0.308 e. The lowest BCUT2D eigenvalue weighted by molar-refractivity contribution is 1.12. The molecule has 0 spiro atoms. The van der Waals surface area contributed by atoms with Gasteiger partial charge in [-0.25, -0.2) is 0 Å². The van der Waals surface area contributed by atoms with Crippen molar-refractivity contribution in [3.63, 3.8) is 0 Å². The van der Waals surface area contributed by atoms with Gasteiger partial charge < -0.3 is 9.13 Å². The molecule has 0 amide bonds. The van der Waals surface area contributed by atoms with E-state index in [1.54, 1.807) is 0 Å². The largest absolute Gasteiger partial charge is 0.308 e. The highest BCUT2D eigenvalue weighted by atomic mass is 32.1. The average molecular weight is 646 g/mol. The average Bonchev–Trinajstić information content (AvgIpc) is 3.86. The van der Waals surface area contributed by atoms with Gasteiger partial charge in [-0.3, -0.25) is 0 Å². The number of rotatable bonds is 2. The van der Waals surface area contributed by atoms with Gasteiger partial charge >= 0.3 is 0 Å². The lowest BCUT2D eigenvalue weighted by Crippen LogP contribution is -2.03. The fourth-order valence-electron chi connectivity index (χ4n) is 7.91. The van der Waals surface area contributed by atoms with Crippen molar-refractivity contribution in [2.75, 3.05) is 0 Å². The third kappa shape index (κ3) is 3.40. The molecule has 0 aliphatic heterocycles. The molecule has 0 radical (unpaired) electrons. The van der Waals surface area contributed by atoms with E-state index in [-0.39, 0.29) is 0 Å². The van der Waals surface area contributed by atoms with E-state index >= 15 is 0 Å². The van der Waals surface area contributed by atoms with Gasteiger partial charge in [-0.2, -0.15) is 5.26 Å². The number of para-hydroxylation sites is 2. The zero-order valence-electron chi connectivity index (χ0n) is 25.4. The van der Waals surface area contributed by atoms with Crippen molar-refractivity contribution in [2.24, 2.45) is 0 Å². The van der Waals surface area contributed by atoms with E-state index in [0.29, 0.717) is 5.56 Å². The Morgan fingerprint density at radius 3 is 1.29 bits per heavy atom. The maximum Gasteiger partial charge on any atom is 0.104 e. The van der Waals surface area contributed by atoms with Crippen molar-refractivity contribution in [3.05, 3.63) is 145 Å². The van der Waals surface area contributed by atoms with Crippen LogP contribution in [0.1, 0.15) is 5.56 Å². The zero-order chi connectivity index (χ0) is 31.5. The molecular formula is C43H23N3S2. The number of nitrogens with zero attached hydrogens (tertiary/aromatic N) is 3. The molecule has 48 heavy (non-hydrogen) atoms. The van der Waals surface area contributed by atoms with E-state index in [9.17, 15) is 5.26 Å². The first-order valence-corrected chi connectivity index (χ1v) is 17.6. The summed E-state index contributed by atoms with van der Waals surface area (Å²) in [7, 11) is 0. The molecule has 0 aliphatic carbocycles. The molecule has 4 heterocycles. The van der Waals surface area contributed by atoms with Gasteiger partial charge in [-0.1, -0.05) is 78.9 Å². The highest BCUT2D eigenvalue weighted by Gasteiger charge is 2.22. The van der Waals surface area contributed by atoms with Crippen LogP contribution in [0.25, 0.3) is 95.3 Å². The van der Waals surface area contributed by atoms with E-state index in [2.05, 4.69) is 155 Å².